The first kappa shape index (κ1) is 16.1. The summed E-state index contributed by atoms with van der Waals surface area (Å²) in [6, 6.07) is 11.0. The molecule has 0 heterocycles. The van der Waals surface area contributed by atoms with Crippen LogP contribution < -0.4 is 5.32 Å². The van der Waals surface area contributed by atoms with Crippen LogP contribution >= 0.6 is 15.9 Å². The molecule has 2 rings (SSSR count). The summed E-state index contributed by atoms with van der Waals surface area (Å²) >= 11 is 3.40. The molecule has 0 saturated heterocycles. The van der Waals surface area contributed by atoms with Crippen LogP contribution in [0.5, 0.6) is 0 Å². The zero-order valence-electron chi connectivity index (χ0n) is 11.5. The first-order chi connectivity index (χ1) is 9.97. The molecule has 5 heteroatoms. The van der Waals surface area contributed by atoms with Gasteiger partial charge in [-0.25, -0.2) is 8.78 Å². The van der Waals surface area contributed by atoms with Gasteiger partial charge in [-0.3, -0.25) is 0 Å². The Morgan fingerprint density at radius 3 is 2.62 bits per heavy atom. The van der Waals surface area contributed by atoms with Crippen molar-refractivity contribution in [3.63, 3.8) is 0 Å². The van der Waals surface area contributed by atoms with Crippen molar-refractivity contribution in [3.05, 3.63) is 69.7 Å². The van der Waals surface area contributed by atoms with Crippen molar-refractivity contribution in [1.29, 1.82) is 0 Å². The van der Waals surface area contributed by atoms with Gasteiger partial charge in [0, 0.05) is 28.7 Å². The van der Waals surface area contributed by atoms with Crippen molar-refractivity contribution in [2.75, 3.05) is 6.54 Å². The van der Waals surface area contributed by atoms with Gasteiger partial charge in [-0.15, -0.1) is 0 Å². The normalized spacial score (nSPS) is 14.0. The van der Waals surface area contributed by atoms with E-state index in [2.05, 4.69) is 21.2 Å². The van der Waals surface area contributed by atoms with Gasteiger partial charge < -0.3 is 10.4 Å². The summed E-state index contributed by atoms with van der Waals surface area (Å²) in [4.78, 5) is 0. The maximum Gasteiger partial charge on any atom is 0.131 e. The Bertz CT molecular complexity index is 621. The third kappa shape index (κ3) is 4.33. The zero-order chi connectivity index (χ0) is 15.4. The Labute approximate surface area is 130 Å². The van der Waals surface area contributed by atoms with Gasteiger partial charge in [-0.05, 0) is 30.7 Å². The molecule has 0 amide bonds. The lowest BCUT2D eigenvalue weighted by atomic mass is 10.1. The molecule has 0 saturated carbocycles. The van der Waals surface area contributed by atoms with E-state index in [1.165, 1.54) is 6.07 Å². The van der Waals surface area contributed by atoms with Gasteiger partial charge in [0.25, 0.3) is 0 Å². The number of hydrogen-bond donors (Lipinski definition) is 2. The third-order valence-electron chi connectivity index (χ3n) is 3.29. The van der Waals surface area contributed by atoms with Crippen LogP contribution in [0.1, 0.15) is 30.2 Å². The number of aliphatic hydroxyl groups is 1. The van der Waals surface area contributed by atoms with Gasteiger partial charge in [0.15, 0.2) is 0 Å². The lowest BCUT2D eigenvalue weighted by molar-refractivity contribution is 0.166. The quantitative estimate of drug-likeness (QED) is 0.845. The van der Waals surface area contributed by atoms with E-state index in [0.717, 1.165) is 22.2 Å². The molecule has 2 N–H and O–H groups in total. The van der Waals surface area contributed by atoms with Gasteiger partial charge in [0.1, 0.15) is 11.6 Å². The minimum Gasteiger partial charge on any atom is -0.387 e. The van der Waals surface area contributed by atoms with Crippen molar-refractivity contribution < 1.29 is 13.9 Å². The molecule has 2 aromatic rings. The van der Waals surface area contributed by atoms with E-state index in [4.69, 9.17) is 0 Å². The van der Waals surface area contributed by atoms with Crippen LogP contribution in [0.3, 0.4) is 0 Å². The molecule has 0 aliphatic carbocycles. The fourth-order valence-electron chi connectivity index (χ4n) is 2.06. The molecular formula is C16H16BrF2NO. The standard InChI is InChI=1S/C16H16BrF2NO/c1-10(11-3-2-4-12(17)7-11)20-9-16(21)14-6-5-13(18)8-15(14)19/h2-8,10,16,20-21H,9H2,1H3/t10-,16?/m0/s1. The largest absolute Gasteiger partial charge is 0.387 e. The molecule has 0 aliphatic rings. The molecule has 2 atom stereocenters. The highest BCUT2D eigenvalue weighted by molar-refractivity contribution is 9.10. The zero-order valence-corrected chi connectivity index (χ0v) is 13.1. The fourth-order valence-corrected chi connectivity index (χ4v) is 2.48. The molecule has 0 aromatic heterocycles. The maximum absolute atomic E-state index is 13.6. The van der Waals surface area contributed by atoms with Gasteiger partial charge >= 0.3 is 0 Å². The molecule has 0 spiro atoms. The Morgan fingerprint density at radius 2 is 1.95 bits per heavy atom. The third-order valence-corrected chi connectivity index (χ3v) is 3.78. The average Bonchev–Trinajstić information content (AvgIpc) is 2.44. The average molecular weight is 356 g/mol. The highest BCUT2D eigenvalue weighted by Crippen LogP contribution is 2.20. The Balaban J connectivity index is 1.99. The van der Waals surface area contributed by atoms with Crippen LogP contribution in [0.4, 0.5) is 8.78 Å². The lowest BCUT2D eigenvalue weighted by Gasteiger charge is -2.18. The summed E-state index contributed by atoms with van der Waals surface area (Å²) in [7, 11) is 0. The molecule has 0 radical (unpaired) electrons. The van der Waals surface area contributed by atoms with E-state index >= 15 is 0 Å². The van der Waals surface area contributed by atoms with Crippen LogP contribution in [-0.4, -0.2) is 11.7 Å². The van der Waals surface area contributed by atoms with Crippen molar-refractivity contribution >= 4 is 15.9 Å². The molecule has 0 fully saturated rings. The second kappa shape index (κ2) is 7.11. The summed E-state index contributed by atoms with van der Waals surface area (Å²) in [5, 5.41) is 13.1. The molecule has 2 nitrogen and oxygen atoms in total. The summed E-state index contributed by atoms with van der Waals surface area (Å²) in [5.74, 6) is -1.39. The molecule has 0 bridgehead atoms. The van der Waals surface area contributed by atoms with Crippen molar-refractivity contribution in [2.24, 2.45) is 0 Å². The Kier molecular flexibility index (Phi) is 5.45. The van der Waals surface area contributed by atoms with Crippen molar-refractivity contribution in [2.45, 2.75) is 19.1 Å². The topological polar surface area (TPSA) is 32.3 Å². The molecule has 112 valence electrons. The maximum atomic E-state index is 13.6. The summed E-state index contributed by atoms with van der Waals surface area (Å²) in [6.07, 6.45) is -1.03. The lowest BCUT2D eigenvalue weighted by Crippen LogP contribution is -2.25. The number of halogens is 3. The van der Waals surface area contributed by atoms with Crippen LogP contribution in [-0.2, 0) is 0 Å². The van der Waals surface area contributed by atoms with Crippen LogP contribution in [0.2, 0.25) is 0 Å². The highest BCUT2D eigenvalue weighted by atomic mass is 79.9. The number of hydrogen-bond acceptors (Lipinski definition) is 2. The van der Waals surface area contributed by atoms with E-state index in [9.17, 15) is 13.9 Å². The predicted molar refractivity (Wildman–Crippen MR) is 81.9 cm³/mol. The fraction of sp³-hybridized carbons (Fsp3) is 0.250. The molecular weight excluding hydrogens is 340 g/mol. The van der Waals surface area contributed by atoms with Gasteiger partial charge in [0.2, 0.25) is 0 Å². The molecule has 0 aliphatic heterocycles. The SMILES string of the molecule is C[C@H](NCC(O)c1ccc(F)cc1F)c1cccc(Br)c1. The highest BCUT2D eigenvalue weighted by Gasteiger charge is 2.15. The number of nitrogens with one attached hydrogen (secondary N) is 1. The van der Waals surface area contributed by atoms with Crippen LogP contribution in [0.15, 0.2) is 46.9 Å². The van der Waals surface area contributed by atoms with Gasteiger partial charge in [0.05, 0.1) is 6.10 Å². The van der Waals surface area contributed by atoms with E-state index < -0.39 is 17.7 Å². The van der Waals surface area contributed by atoms with E-state index in [-0.39, 0.29) is 18.2 Å². The Morgan fingerprint density at radius 1 is 1.19 bits per heavy atom. The van der Waals surface area contributed by atoms with E-state index in [1.807, 2.05) is 31.2 Å². The molecule has 21 heavy (non-hydrogen) atoms. The second-order valence-corrected chi connectivity index (χ2v) is 5.78. The van der Waals surface area contributed by atoms with Crippen molar-refractivity contribution in [3.8, 4) is 0 Å². The van der Waals surface area contributed by atoms with Crippen LogP contribution in [0, 0.1) is 11.6 Å². The monoisotopic (exact) mass is 355 g/mol. The van der Waals surface area contributed by atoms with Crippen LogP contribution in [0.25, 0.3) is 0 Å². The summed E-state index contributed by atoms with van der Waals surface area (Å²) < 4.78 is 27.4. The van der Waals surface area contributed by atoms with Gasteiger partial charge in [-0.2, -0.15) is 0 Å². The first-order valence-corrected chi connectivity index (χ1v) is 7.38. The predicted octanol–water partition coefficient (Wildman–Crippen LogP) is 4.11. The number of benzene rings is 2. The summed E-state index contributed by atoms with van der Waals surface area (Å²) in [5.41, 5.74) is 1.14. The van der Waals surface area contributed by atoms with E-state index in [0.29, 0.717) is 0 Å². The minimum absolute atomic E-state index is 0.000611. The van der Waals surface area contributed by atoms with Crippen molar-refractivity contribution in [1.82, 2.24) is 5.32 Å². The number of aliphatic hydroxyl groups excluding tert-OH is 1. The molecule has 1 unspecified atom stereocenters. The Hall–Kier alpha value is -1.30. The molecule has 2 aromatic carbocycles. The van der Waals surface area contributed by atoms with E-state index in [1.54, 1.807) is 0 Å². The minimum atomic E-state index is -1.03. The number of rotatable bonds is 5. The first-order valence-electron chi connectivity index (χ1n) is 6.59. The van der Waals surface area contributed by atoms with Gasteiger partial charge in [-0.1, -0.05) is 34.1 Å². The summed E-state index contributed by atoms with van der Waals surface area (Å²) in [6.45, 7) is 2.13. The smallest absolute Gasteiger partial charge is 0.131 e. The second-order valence-electron chi connectivity index (χ2n) is 4.87.